The van der Waals surface area contributed by atoms with E-state index in [9.17, 15) is 0 Å². The molecule has 0 N–H and O–H groups in total. The molecule has 2 heterocycles. The quantitative estimate of drug-likeness (QED) is 0.128. The van der Waals surface area contributed by atoms with E-state index in [2.05, 4.69) is 219 Å². The van der Waals surface area contributed by atoms with Gasteiger partial charge in [0.15, 0.2) is 0 Å². The molecule has 0 radical (unpaired) electrons. The SMILES string of the molecule is CC1(C)c2ccccc2-c2ccc(N(c3ccc(-c4ccc5c(c4)c4ccc6cccc7c8ccccc8n5c4c67)cc3)c3cccc4c3-c3ccccc3C4(C)C)cc21. The summed E-state index contributed by atoms with van der Waals surface area (Å²) in [5, 5.41) is 7.81. The molecule has 0 unspecified atom stereocenters. The van der Waals surface area contributed by atoms with Crippen LogP contribution in [0.3, 0.4) is 0 Å². The van der Waals surface area contributed by atoms with Crippen molar-refractivity contribution in [1.29, 1.82) is 0 Å². The topological polar surface area (TPSA) is 7.65 Å². The molecule has 2 nitrogen and oxygen atoms in total. The molecule has 0 aliphatic heterocycles. The Bertz CT molecular complexity index is 3580. The van der Waals surface area contributed by atoms with Crippen molar-refractivity contribution < 1.29 is 0 Å². The van der Waals surface area contributed by atoms with Gasteiger partial charge in [-0.3, -0.25) is 0 Å². The first-order valence-electron chi connectivity index (χ1n) is 21.3. The van der Waals surface area contributed by atoms with E-state index in [0.29, 0.717) is 0 Å². The molecule has 0 atom stereocenters. The van der Waals surface area contributed by atoms with Crippen molar-refractivity contribution in [3.8, 4) is 33.4 Å². The van der Waals surface area contributed by atoms with Crippen LogP contribution in [-0.2, 0) is 10.8 Å². The highest BCUT2D eigenvalue weighted by molar-refractivity contribution is 6.28. The third-order valence-corrected chi connectivity index (χ3v) is 14.3. The zero-order valence-corrected chi connectivity index (χ0v) is 34.2. The standard InChI is InChI=1S/C58H42N2/c1-57(2)48-19-9-6-16-45(48)55-49(57)20-12-22-53(55)59(39-29-31-41-40-14-5-8-18-47(40)58(3,4)50(41)34-39)38-27-23-35(24-28-38)37-26-32-52-46(33-37)44-30-25-36-13-11-17-43-42-15-7-10-21-51(42)60(52)56(44)54(36)43/h5-34H,1-4H3. The molecule has 9 aromatic carbocycles. The highest BCUT2D eigenvalue weighted by Gasteiger charge is 2.39. The lowest BCUT2D eigenvalue weighted by Gasteiger charge is -2.30. The summed E-state index contributed by atoms with van der Waals surface area (Å²) in [7, 11) is 0. The lowest BCUT2D eigenvalue weighted by molar-refractivity contribution is 0.660. The van der Waals surface area contributed by atoms with E-state index in [0.717, 1.165) is 5.69 Å². The minimum Gasteiger partial charge on any atom is -0.310 e. The molecule has 2 aliphatic carbocycles. The summed E-state index contributed by atoms with van der Waals surface area (Å²) in [4.78, 5) is 2.51. The van der Waals surface area contributed by atoms with Gasteiger partial charge in [-0.2, -0.15) is 0 Å². The Balaban J connectivity index is 0.991. The summed E-state index contributed by atoms with van der Waals surface area (Å²) in [5.41, 5.74) is 20.4. The molecule has 0 amide bonds. The molecule has 284 valence electrons. The summed E-state index contributed by atoms with van der Waals surface area (Å²) < 4.78 is 2.49. The zero-order valence-electron chi connectivity index (χ0n) is 34.2. The van der Waals surface area contributed by atoms with Gasteiger partial charge in [-0.15, -0.1) is 0 Å². The van der Waals surface area contributed by atoms with Crippen LogP contribution in [-0.4, -0.2) is 4.40 Å². The number of benzene rings is 9. The van der Waals surface area contributed by atoms with Gasteiger partial charge in [0.25, 0.3) is 0 Å². The van der Waals surface area contributed by atoms with Gasteiger partial charge in [0, 0.05) is 49.3 Å². The molecule has 0 spiro atoms. The van der Waals surface area contributed by atoms with Crippen LogP contribution >= 0.6 is 0 Å². The number of nitrogens with zero attached hydrogens (tertiary/aromatic N) is 2. The summed E-state index contributed by atoms with van der Waals surface area (Å²) in [6, 6.07) is 68.5. The van der Waals surface area contributed by atoms with E-state index in [4.69, 9.17) is 0 Å². The summed E-state index contributed by atoms with van der Waals surface area (Å²) >= 11 is 0. The first kappa shape index (κ1) is 33.8. The van der Waals surface area contributed by atoms with E-state index < -0.39 is 0 Å². The molecular formula is C58H42N2. The predicted octanol–water partition coefficient (Wildman–Crippen LogP) is 15.7. The van der Waals surface area contributed by atoms with Crippen molar-refractivity contribution in [2.24, 2.45) is 0 Å². The van der Waals surface area contributed by atoms with E-state index in [1.807, 2.05) is 0 Å². The van der Waals surface area contributed by atoms with Crippen LogP contribution in [0.4, 0.5) is 17.1 Å². The fraction of sp³-hybridized carbons (Fsp3) is 0.103. The molecule has 0 saturated carbocycles. The van der Waals surface area contributed by atoms with Crippen LogP contribution in [0.5, 0.6) is 0 Å². The normalized spacial score (nSPS) is 14.6. The maximum absolute atomic E-state index is 2.51. The second-order valence-corrected chi connectivity index (χ2v) is 18.1. The first-order valence-corrected chi connectivity index (χ1v) is 21.3. The van der Waals surface area contributed by atoms with Crippen molar-refractivity contribution in [3.05, 3.63) is 204 Å². The minimum absolute atomic E-state index is 0.101. The Hall–Kier alpha value is -7.16. The Labute approximate surface area is 349 Å². The summed E-state index contributed by atoms with van der Waals surface area (Å²) in [6.07, 6.45) is 0. The highest BCUT2D eigenvalue weighted by atomic mass is 15.1. The molecule has 0 saturated heterocycles. The smallest absolute Gasteiger partial charge is 0.0625 e. The molecule has 60 heavy (non-hydrogen) atoms. The third-order valence-electron chi connectivity index (χ3n) is 14.3. The Morgan fingerprint density at radius 1 is 0.400 bits per heavy atom. The lowest BCUT2D eigenvalue weighted by Crippen LogP contribution is -2.17. The van der Waals surface area contributed by atoms with Crippen LogP contribution in [0, 0.1) is 0 Å². The van der Waals surface area contributed by atoms with Crippen molar-refractivity contribution >= 4 is 65.9 Å². The highest BCUT2D eigenvalue weighted by Crippen LogP contribution is 2.56. The van der Waals surface area contributed by atoms with E-state index >= 15 is 0 Å². The molecule has 0 fully saturated rings. The largest absolute Gasteiger partial charge is 0.310 e. The molecule has 11 aromatic rings. The Morgan fingerprint density at radius 3 is 1.88 bits per heavy atom. The van der Waals surface area contributed by atoms with Gasteiger partial charge in [-0.25, -0.2) is 0 Å². The predicted molar refractivity (Wildman–Crippen MR) is 254 cm³/mol. The number of fused-ring (bicyclic) bond motifs is 12. The summed E-state index contributed by atoms with van der Waals surface area (Å²) in [6.45, 7) is 9.49. The fourth-order valence-corrected chi connectivity index (χ4v) is 11.4. The van der Waals surface area contributed by atoms with Gasteiger partial charge < -0.3 is 9.30 Å². The summed E-state index contributed by atoms with van der Waals surface area (Å²) in [5.74, 6) is 0. The molecule has 2 aliphatic rings. The molecule has 2 aromatic heterocycles. The second-order valence-electron chi connectivity index (χ2n) is 18.1. The van der Waals surface area contributed by atoms with Crippen LogP contribution in [0.25, 0.3) is 82.2 Å². The number of hydrogen-bond acceptors (Lipinski definition) is 1. The number of pyridine rings is 1. The zero-order chi connectivity index (χ0) is 40.1. The van der Waals surface area contributed by atoms with Gasteiger partial charge in [-0.05, 0) is 109 Å². The average Bonchev–Trinajstić information content (AvgIpc) is 3.84. The van der Waals surface area contributed by atoms with E-state index in [1.54, 1.807) is 0 Å². The van der Waals surface area contributed by atoms with Crippen molar-refractivity contribution in [1.82, 2.24) is 4.40 Å². The monoisotopic (exact) mass is 766 g/mol. The number of para-hydroxylation sites is 1. The van der Waals surface area contributed by atoms with Crippen LogP contribution in [0.1, 0.15) is 49.9 Å². The van der Waals surface area contributed by atoms with Crippen LogP contribution in [0.15, 0.2) is 182 Å². The van der Waals surface area contributed by atoms with Crippen LogP contribution in [0.2, 0.25) is 0 Å². The maximum Gasteiger partial charge on any atom is 0.0625 e. The van der Waals surface area contributed by atoms with Crippen molar-refractivity contribution in [2.45, 2.75) is 38.5 Å². The first-order chi connectivity index (χ1) is 29.3. The molecule has 2 heteroatoms. The van der Waals surface area contributed by atoms with E-state index in [-0.39, 0.29) is 10.8 Å². The number of hydrogen-bond donors (Lipinski definition) is 0. The lowest BCUT2D eigenvalue weighted by atomic mass is 9.82. The van der Waals surface area contributed by atoms with Crippen LogP contribution < -0.4 is 4.90 Å². The van der Waals surface area contributed by atoms with E-state index in [1.165, 1.54) is 116 Å². The molecule has 13 rings (SSSR count). The van der Waals surface area contributed by atoms with Gasteiger partial charge in [0.05, 0.1) is 22.2 Å². The molecular weight excluding hydrogens is 725 g/mol. The van der Waals surface area contributed by atoms with Gasteiger partial charge in [-0.1, -0.05) is 161 Å². The Morgan fingerprint density at radius 2 is 1.03 bits per heavy atom. The maximum atomic E-state index is 2.51. The van der Waals surface area contributed by atoms with Gasteiger partial charge >= 0.3 is 0 Å². The number of anilines is 3. The average molecular weight is 767 g/mol. The second kappa shape index (κ2) is 11.7. The van der Waals surface area contributed by atoms with Gasteiger partial charge in [0.1, 0.15) is 0 Å². The molecule has 0 bridgehead atoms. The van der Waals surface area contributed by atoms with Crippen molar-refractivity contribution in [2.75, 3.05) is 4.90 Å². The Kier molecular flexibility index (Phi) is 6.61. The number of rotatable bonds is 4. The van der Waals surface area contributed by atoms with Crippen molar-refractivity contribution in [3.63, 3.8) is 0 Å². The minimum atomic E-state index is -0.109. The third kappa shape index (κ3) is 4.33. The fourth-order valence-electron chi connectivity index (χ4n) is 11.4. The number of aromatic nitrogens is 1. The van der Waals surface area contributed by atoms with Gasteiger partial charge in [0.2, 0.25) is 0 Å².